The number of rotatable bonds is 38. The van der Waals surface area contributed by atoms with Gasteiger partial charge in [0, 0.05) is 121 Å². The fourth-order valence-electron chi connectivity index (χ4n) is 12.1. The molecule has 35 heteroatoms. The quantitative estimate of drug-likeness (QED) is 0.0182. The number of pyridine rings is 1. The van der Waals surface area contributed by atoms with Gasteiger partial charge in [-0.2, -0.15) is 9.82 Å². The molecule has 4 aromatic rings. The summed E-state index contributed by atoms with van der Waals surface area (Å²) in [7, 11) is -3.33. The number of nitrogens with one attached hydrogen (secondary N) is 7. The van der Waals surface area contributed by atoms with E-state index in [1.54, 1.807) is 153 Å². The van der Waals surface area contributed by atoms with E-state index in [1.165, 1.54) is 12.1 Å². The van der Waals surface area contributed by atoms with E-state index in [0.29, 0.717) is 37.3 Å². The summed E-state index contributed by atoms with van der Waals surface area (Å²) in [6.07, 6.45) is 3.03. The molecule has 1 unspecified atom stereocenters. The molecular weight excluding hydrogens is 1510 g/mol. The smallest absolute Gasteiger partial charge is 0.325 e. The van der Waals surface area contributed by atoms with Gasteiger partial charge in [-0.1, -0.05) is 6.07 Å². The first-order valence-electron chi connectivity index (χ1n) is 39.0. The zero-order valence-corrected chi connectivity index (χ0v) is 71.2. The Morgan fingerprint density at radius 1 is 0.513 bits per heavy atom. The van der Waals surface area contributed by atoms with Crippen molar-refractivity contribution in [2.24, 2.45) is 0 Å². The molecule has 34 nitrogen and oxygen atoms in total. The molecule has 2 aromatic carbocycles. The number of ether oxygens (including phenoxy) is 7. The van der Waals surface area contributed by atoms with Crippen LogP contribution in [-0.4, -0.2) is 273 Å². The third-order valence-corrected chi connectivity index (χ3v) is 18.7. The van der Waals surface area contributed by atoms with Crippen molar-refractivity contribution >= 4 is 92.1 Å². The Morgan fingerprint density at radius 3 is 1.47 bits per heavy atom. The molecule has 3 atom stereocenters. The van der Waals surface area contributed by atoms with Crippen molar-refractivity contribution in [2.75, 3.05) is 124 Å². The number of esters is 6. The minimum Gasteiger partial charge on any atom is -0.494 e. The van der Waals surface area contributed by atoms with Gasteiger partial charge < -0.3 is 65.1 Å². The second-order valence-electron chi connectivity index (χ2n) is 33.3. The van der Waals surface area contributed by atoms with Crippen molar-refractivity contribution in [1.29, 1.82) is 0 Å². The van der Waals surface area contributed by atoms with Gasteiger partial charge >= 0.3 is 35.8 Å². The average molecular weight is 1630 g/mol. The van der Waals surface area contributed by atoms with Crippen LogP contribution in [0.2, 0.25) is 0 Å². The van der Waals surface area contributed by atoms with Crippen molar-refractivity contribution in [3.63, 3.8) is 0 Å². The molecule has 0 spiro atoms. The zero-order valence-electron chi connectivity index (χ0n) is 70.4. The highest BCUT2D eigenvalue weighted by atomic mass is 32.2. The lowest BCUT2D eigenvalue weighted by molar-refractivity contribution is -0.158. The highest BCUT2D eigenvalue weighted by Gasteiger charge is 2.34. The van der Waals surface area contributed by atoms with Gasteiger partial charge in [0.15, 0.2) is 0 Å². The third-order valence-electron chi connectivity index (χ3n) is 17.0. The Hall–Kier alpha value is -9.42. The Labute approximate surface area is 676 Å². The van der Waals surface area contributed by atoms with E-state index < -0.39 is 128 Å². The molecule has 115 heavy (non-hydrogen) atoms. The number of hydrogen-bond donors (Lipinski definition) is 7. The molecule has 3 heterocycles. The number of amides is 5. The predicted octanol–water partition coefficient (Wildman–Crippen LogP) is 4.65. The van der Waals surface area contributed by atoms with Gasteiger partial charge in [-0.15, -0.1) is 0 Å². The molecule has 1 fully saturated rings. The second-order valence-corrected chi connectivity index (χ2v) is 35.0. The fraction of sp³-hybridized carbons (Fsp3) is 0.637. The lowest BCUT2D eigenvalue weighted by Crippen LogP contribution is -2.56. The monoisotopic (exact) mass is 1630 g/mol. The van der Waals surface area contributed by atoms with Gasteiger partial charge in [0.05, 0.1) is 56.5 Å². The van der Waals surface area contributed by atoms with Gasteiger partial charge in [0.2, 0.25) is 33.7 Å². The third kappa shape index (κ3) is 37.8. The highest BCUT2D eigenvalue weighted by Crippen LogP contribution is 2.27. The van der Waals surface area contributed by atoms with Crippen LogP contribution in [0, 0.1) is 13.8 Å². The lowest BCUT2D eigenvalue weighted by atomic mass is 10.1. The highest BCUT2D eigenvalue weighted by molar-refractivity contribution is 7.89. The van der Waals surface area contributed by atoms with Gasteiger partial charge in [-0.3, -0.25) is 77.0 Å². The summed E-state index contributed by atoms with van der Waals surface area (Å²) in [5, 5.41) is 22.0. The van der Waals surface area contributed by atoms with Gasteiger partial charge in [0.25, 0.3) is 5.91 Å². The van der Waals surface area contributed by atoms with Gasteiger partial charge in [-0.05, 0) is 197 Å². The lowest BCUT2D eigenvalue weighted by Gasteiger charge is -2.34. The molecular formula is C80H124N14O20S. The minimum atomic E-state index is -4.43. The number of aryl methyl sites for hydroxylation is 3. The number of methoxy groups -OCH3 is 1. The van der Waals surface area contributed by atoms with Crippen LogP contribution in [-0.2, 0) is 92.9 Å². The largest absolute Gasteiger partial charge is 0.494 e. The molecule has 2 aromatic heterocycles. The summed E-state index contributed by atoms with van der Waals surface area (Å²) in [5.41, 5.74) is -2.56. The maximum atomic E-state index is 14.6. The van der Waals surface area contributed by atoms with Crippen LogP contribution < -0.4 is 41.4 Å². The van der Waals surface area contributed by atoms with E-state index in [2.05, 4.69) is 46.7 Å². The molecule has 1 aliphatic heterocycles. The molecule has 0 saturated carbocycles. The number of aromatic nitrogens is 3. The maximum absolute atomic E-state index is 14.6. The number of fused-ring (bicyclic) bond motifs is 1. The Kier molecular flexibility index (Phi) is 37.3. The van der Waals surface area contributed by atoms with E-state index >= 15 is 0 Å². The van der Waals surface area contributed by atoms with E-state index in [1.807, 2.05) is 37.6 Å². The number of carbonyl (C=O) groups excluding carboxylic acids is 11. The maximum Gasteiger partial charge on any atom is 0.325 e. The van der Waals surface area contributed by atoms with Crippen molar-refractivity contribution in [1.82, 2.24) is 65.7 Å². The topological polar surface area (TPSA) is 414 Å². The molecule has 0 bridgehead atoms. The molecule has 0 radical (unpaired) electrons. The number of sulfonamides is 1. The summed E-state index contributed by atoms with van der Waals surface area (Å²) in [4.78, 5) is 161. The van der Waals surface area contributed by atoms with Crippen molar-refractivity contribution in [2.45, 2.75) is 220 Å². The van der Waals surface area contributed by atoms with Crippen molar-refractivity contribution in [3.05, 3.63) is 77.6 Å². The summed E-state index contributed by atoms with van der Waals surface area (Å²) in [6.45, 7) is 30.8. The normalized spacial score (nSPS) is 14.9. The summed E-state index contributed by atoms with van der Waals surface area (Å²) in [5.74, 6) is -5.97. The van der Waals surface area contributed by atoms with Crippen LogP contribution in [0.25, 0.3) is 10.9 Å². The Balaban J connectivity index is 1.21. The molecule has 0 aliphatic carbocycles. The Morgan fingerprint density at radius 2 is 0.991 bits per heavy atom. The minimum absolute atomic E-state index is 0.0283. The summed E-state index contributed by atoms with van der Waals surface area (Å²) in [6, 6.07) is 9.23. The summed E-state index contributed by atoms with van der Waals surface area (Å²) >= 11 is 0. The molecule has 640 valence electrons. The zero-order chi connectivity index (χ0) is 85.7. The first-order valence-corrected chi connectivity index (χ1v) is 40.5. The molecule has 5 rings (SSSR count). The second kappa shape index (κ2) is 44.6. The van der Waals surface area contributed by atoms with Crippen LogP contribution in [0.1, 0.15) is 170 Å². The number of benzene rings is 2. The fourth-order valence-corrected chi connectivity index (χ4v) is 13.7. The van der Waals surface area contributed by atoms with Crippen LogP contribution >= 0.6 is 0 Å². The van der Waals surface area contributed by atoms with Gasteiger partial charge in [0.1, 0.15) is 57.7 Å². The number of nitrogens with zero attached hydrogens (tertiary/aromatic N) is 7. The first-order chi connectivity index (χ1) is 53.6. The van der Waals surface area contributed by atoms with E-state index in [4.69, 9.17) is 33.2 Å². The molecule has 5 amide bonds. The van der Waals surface area contributed by atoms with Crippen molar-refractivity contribution < 1.29 is 94.3 Å². The molecule has 1 aliphatic rings. The first kappa shape index (κ1) is 96.2. The number of carbonyl (C=O) groups is 11. The standard InChI is InChI=1S/C80H124N14O20S/c1-54-45-58(46-55(2)71(54)115(106,107)89-61(75(105)108-18)49-85-72(102)56-25-28-62-57(47-56)48-86-94(62)35-22-32-82-63-23-19-20-31-81-63)109-44-21-24-64(95)83-33-34-84-73(103)59(26-29-66(97)110-76(3,4)5)88-74(104)60(27-30-67(98)111-77(6,7)8)87-65(96)50-90-36-38-91(51-68(99)112-78(9,10)11)40-42-93(53-70(101)114-80(15,16)17)43-41-92(39-37-90)52-69(100)113-79(12,13)14/h19-20,23,25,28,31,45-48,59-61,89H,21-22,24,26-27,29-30,32-44,49-53H2,1-18H3,(H,81,82)(H,83,95)(H,84,103)(H,85,102)(H,87,96)(H,88,104)/t59?,60-,61-/m0/s1. The number of anilines is 1. The van der Waals surface area contributed by atoms with E-state index in [-0.39, 0.29) is 145 Å². The number of hydrogen-bond acceptors (Lipinski definition) is 27. The van der Waals surface area contributed by atoms with Crippen LogP contribution in [0.15, 0.2) is 65.8 Å². The summed E-state index contributed by atoms with van der Waals surface area (Å²) < 4.78 is 71.3. The van der Waals surface area contributed by atoms with Crippen molar-refractivity contribution in [3.8, 4) is 5.75 Å². The Bertz CT molecular complexity index is 3980. The van der Waals surface area contributed by atoms with Crippen LogP contribution in [0.4, 0.5) is 5.82 Å². The molecule has 1 saturated heterocycles. The average Bonchev–Trinajstić information content (AvgIpc) is 0.910. The van der Waals surface area contributed by atoms with Crippen LogP contribution in [0.3, 0.4) is 0 Å². The van der Waals surface area contributed by atoms with E-state index in [9.17, 15) is 61.2 Å². The predicted molar refractivity (Wildman–Crippen MR) is 430 cm³/mol. The van der Waals surface area contributed by atoms with Gasteiger partial charge in [-0.25, -0.2) is 13.4 Å². The van der Waals surface area contributed by atoms with Crippen LogP contribution in [0.5, 0.6) is 5.75 Å². The van der Waals surface area contributed by atoms with E-state index in [0.717, 1.165) is 24.9 Å². The molecule has 7 N–H and O–H groups in total. The SMILES string of the molecule is COC(=O)[C@H](CNC(=O)c1ccc2c(cnn2CCCNc2ccccn2)c1)NS(=O)(=O)c1c(C)cc(OCCCC(=O)NCCNC(=O)C(CCC(=O)OC(C)(C)C)NC(=O)[C@H](CCC(=O)OC(C)(C)C)NC(=O)CN2CCN(CC(=O)OC(C)(C)C)CCN(CC(=O)OC(C)(C)C)CCN(CC(=O)OC(C)(C)C)CC2)cc1C.